The van der Waals surface area contributed by atoms with E-state index in [0.717, 1.165) is 17.2 Å². The molecule has 0 saturated carbocycles. The predicted octanol–water partition coefficient (Wildman–Crippen LogP) is 13.1. The second kappa shape index (κ2) is 24.1. The second-order valence-electron chi connectivity index (χ2n) is 20.7. The summed E-state index contributed by atoms with van der Waals surface area (Å²) in [5.41, 5.74) is 3.72. The fourth-order valence-electron chi connectivity index (χ4n) is 10.2. The number of benzene rings is 8. The fraction of sp³-hybridized carbons (Fsp3) is 0.174. The van der Waals surface area contributed by atoms with E-state index in [2.05, 4.69) is 0 Å². The Morgan fingerprint density at radius 2 is 1.15 bits per heavy atom. The number of carbonyl (C=O) groups is 2. The van der Waals surface area contributed by atoms with Crippen LogP contribution < -0.4 is 29.1 Å². The summed E-state index contributed by atoms with van der Waals surface area (Å²) in [7, 11) is 0. The van der Waals surface area contributed by atoms with Crippen LogP contribution in [-0.2, 0) is 52.3 Å². The highest BCUT2D eigenvalue weighted by molar-refractivity contribution is 5.90. The van der Waals surface area contributed by atoms with Crippen LogP contribution in [0.3, 0.4) is 0 Å². The lowest BCUT2D eigenvalue weighted by molar-refractivity contribution is -0.261. The minimum Gasteiger partial charge on any atom is -0.489 e. The van der Waals surface area contributed by atoms with Crippen molar-refractivity contribution in [3.05, 3.63) is 268 Å². The molecule has 0 N–H and O–H groups in total. The van der Waals surface area contributed by atoms with Gasteiger partial charge >= 0.3 is 17.7 Å². The van der Waals surface area contributed by atoms with Gasteiger partial charge in [0.05, 0.1) is 0 Å². The number of esters is 2. The Kier molecular flexibility index (Phi) is 15.8. The van der Waals surface area contributed by atoms with Gasteiger partial charge in [0.25, 0.3) is 0 Å². The topological polar surface area (TPSA) is 157 Å². The Labute approximate surface area is 486 Å². The zero-order chi connectivity index (χ0) is 58.5. The Bertz CT molecular complexity index is 3930. The van der Waals surface area contributed by atoms with Crippen LogP contribution in [0.15, 0.2) is 222 Å². The highest BCUT2D eigenvalue weighted by Gasteiger charge is 2.58. The van der Waals surface area contributed by atoms with Crippen molar-refractivity contribution in [2.24, 2.45) is 0 Å². The third-order valence-corrected chi connectivity index (χ3v) is 14.3. The number of halogens is 2. The molecule has 4 heterocycles. The Morgan fingerprint density at radius 1 is 0.600 bits per heavy atom. The molecule has 3 aliphatic rings. The minimum atomic E-state index is -1.74. The van der Waals surface area contributed by atoms with Crippen LogP contribution in [0.5, 0.6) is 28.7 Å². The van der Waals surface area contributed by atoms with Gasteiger partial charge < -0.3 is 51.8 Å². The standard InChI is InChI=1S/C69H54F2O14/c1-68(2)84-63-57(42-77-58(72)35-27-43-23-30-50(70)31-24-43)79-67(66(65(63)85-68)80-59(73)36-28-44-25-32-51(71)33-26-44)81-64-61(74)60-55(76-41-46-17-9-4-10-18-46)38-52(75-40-45-15-7-3-8-16-45)39-56(60)78-62(64)47-29-34-53-54(37-47)83-69(82-53,48-19-11-5-12-20-48)49-21-13-6-14-22-49/h3-39,57,63,65-67H,40-42H2,1-2H3/b35-27+,36-28+/t57-,63+,65+,66-,67+/m1/s1. The van der Waals surface area contributed by atoms with Gasteiger partial charge in [0.2, 0.25) is 17.5 Å². The lowest BCUT2D eigenvalue weighted by Crippen LogP contribution is -2.60. The van der Waals surface area contributed by atoms with Crippen LogP contribution in [0, 0.1) is 11.6 Å². The molecule has 0 aliphatic carbocycles. The van der Waals surface area contributed by atoms with Crippen molar-refractivity contribution in [3.8, 4) is 40.1 Å². The Hall–Kier alpha value is -9.87. The molecule has 85 heavy (non-hydrogen) atoms. The van der Waals surface area contributed by atoms with Crippen molar-refractivity contribution in [1.82, 2.24) is 0 Å². The molecule has 2 saturated heterocycles. The van der Waals surface area contributed by atoms with E-state index >= 15 is 4.79 Å². The molecule has 3 aliphatic heterocycles. The number of ether oxygens (including phenoxy) is 10. The molecule has 12 rings (SSSR count). The van der Waals surface area contributed by atoms with Gasteiger partial charge in [0.15, 0.2) is 29.2 Å². The molecule has 9 aromatic rings. The molecule has 16 heteroatoms. The predicted molar refractivity (Wildman–Crippen MR) is 309 cm³/mol. The maximum absolute atomic E-state index is 16.0. The van der Waals surface area contributed by atoms with Crippen LogP contribution in [0.4, 0.5) is 8.78 Å². The van der Waals surface area contributed by atoms with Gasteiger partial charge in [-0.05, 0) is 90.7 Å². The fourth-order valence-corrected chi connectivity index (χ4v) is 10.2. The highest BCUT2D eigenvalue weighted by Crippen LogP contribution is 2.50. The van der Waals surface area contributed by atoms with E-state index in [4.69, 9.17) is 51.8 Å². The zero-order valence-corrected chi connectivity index (χ0v) is 45.8. The average Bonchev–Trinajstić information content (AvgIpc) is 1.94. The van der Waals surface area contributed by atoms with Gasteiger partial charge in [-0.1, -0.05) is 146 Å². The van der Waals surface area contributed by atoms with Crippen molar-refractivity contribution >= 4 is 35.1 Å². The molecule has 0 unspecified atom stereocenters. The number of rotatable bonds is 18. The molecule has 14 nitrogen and oxygen atoms in total. The van der Waals surface area contributed by atoms with E-state index in [1.165, 1.54) is 66.8 Å². The normalized spacial score (nSPS) is 19.1. The summed E-state index contributed by atoms with van der Waals surface area (Å²) in [5.74, 6) is -4.81. The van der Waals surface area contributed by atoms with E-state index in [0.29, 0.717) is 33.8 Å². The second-order valence-corrected chi connectivity index (χ2v) is 20.7. The summed E-state index contributed by atoms with van der Waals surface area (Å²) >= 11 is 0. The molecular weight excluding hydrogens is 1090 g/mol. The lowest BCUT2D eigenvalue weighted by Gasteiger charge is -2.40. The summed E-state index contributed by atoms with van der Waals surface area (Å²) in [6.07, 6.45) is -1.48. The van der Waals surface area contributed by atoms with E-state index in [1.807, 2.05) is 121 Å². The van der Waals surface area contributed by atoms with E-state index < -0.39 is 83.6 Å². The molecule has 5 atom stereocenters. The van der Waals surface area contributed by atoms with E-state index in [-0.39, 0.29) is 47.0 Å². The highest BCUT2D eigenvalue weighted by atomic mass is 19.1. The van der Waals surface area contributed by atoms with Crippen LogP contribution in [0.1, 0.15) is 47.2 Å². The third-order valence-electron chi connectivity index (χ3n) is 14.3. The van der Waals surface area contributed by atoms with E-state index in [9.17, 15) is 18.4 Å². The molecule has 428 valence electrons. The molecule has 0 spiro atoms. The monoisotopic (exact) mass is 1140 g/mol. The number of hydrogen-bond acceptors (Lipinski definition) is 14. The van der Waals surface area contributed by atoms with Gasteiger partial charge in [0, 0.05) is 41.0 Å². The zero-order valence-electron chi connectivity index (χ0n) is 45.8. The first-order valence-electron chi connectivity index (χ1n) is 27.4. The smallest absolute Gasteiger partial charge is 0.331 e. The number of hydrogen-bond donors (Lipinski definition) is 0. The summed E-state index contributed by atoms with van der Waals surface area (Å²) < 4.78 is 99.6. The maximum atomic E-state index is 16.0. The van der Waals surface area contributed by atoms with Crippen LogP contribution in [0.25, 0.3) is 34.4 Å². The van der Waals surface area contributed by atoms with Crippen LogP contribution in [-0.4, -0.2) is 55.0 Å². The van der Waals surface area contributed by atoms with Gasteiger partial charge in [-0.3, -0.25) is 4.79 Å². The first-order chi connectivity index (χ1) is 41.3. The third kappa shape index (κ3) is 12.4. The quantitative estimate of drug-likeness (QED) is 0.0590. The van der Waals surface area contributed by atoms with Crippen molar-refractivity contribution in [3.63, 3.8) is 0 Å². The lowest BCUT2D eigenvalue weighted by atomic mass is 9.97. The molecule has 2 fully saturated rings. The van der Waals surface area contributed by atoms with E-state index in [1.54, 1.807) is 44.2 Å². The Morgan fingerprint density at radius 3 is 1.76 bits per heavy atom. The SMILES string of the molecule is CC1(C)O[C@H]2[C@@H](O1)[C@@H](COC(=O)/C=C/c1ccc(F)cc1)O[C@@H](Oc1c(-c3ccc4c(c3)OC(c3ccccc3)(c3ccccc3)O4)oc3cc(OCc4ccccc4)cc(OCc4ccccc4)c3c1=O)[C@@H]2OC(=O)/C=C/c1ccc(F)cc1. The molecule has 0 amide bonds. The van der Waals surface area contributed by atoms with Crippen LogP contribution in [0.2, 0.25) is 0 Å². The molecule has 0 radical (unpaired) electrons. The number of carbonyl (C=O) groups excluding carboxylic acids is 2. The van der Waals surface area contributed by atoms with Crippen molar-refractivity contribution in [1.29, 1.82) is 0 Å². The summed E-state index contributed by atoms with van der Waals surface area (Å²) in [6, 6.07) is 57.1. The Balaban J connectivity index is 0.984. The van der Waals surface area contributed by atoms with Crippen molar-refractivity contribution in [2.75, 3.05) is 6.61 Å². The van der Waals surface area contributed by atoms with Gasteiger partial charge in [-0.2, -0.15) is 0 Å². The van der Waals surface area contributed by atoms with Gasteiger partial charge in [-0.15, -0.1) is 0 Å². The van der Waals surface area contributed by atoms with Crippen molar-refractivity contribution < 1.29 is 70.2 Å². The molecular formula is C69H54F2O14. The molecule has 8 aromatic carbocycles. The summed E-state index contributed by atoms with van der Waals surface area (Å²) in [4.78, 5) is 43.4. The minimum absolute atomic E-state index is 0.0348. The number of fused-ring (bicyclic) bond motifs is 3. The van der Waals surface area contributed by atoms with Gasteiger partial charge in [-0.25, -0.2) is 18.4 Å². The molecule has 1 aromatic heterocycles. The summed E-state index contributed by atoms with van der Waals surface area (Å²) in [5, 5.41) is -0.0425. The van der Waals surface area contributed by atoms with Crippen molar-refractivity contribution in [2.45, 2.75) is 69.3 Å². The molecule has 0 bridgehead atoms. The first-order valence-corrected chi connectivity index (χ1v) is 27.4. The van der Waals surface area contributed by atoms with Crippen LogP contribution >= 0.6 is 0 Å². The average molecular weight is 1150 g/mol. The maximum Gasteiger partial charge on any atom is 0.331 e. The first kappa shape index (κ1) is 55.7. The summed E-state index contributed by atoms with van der Waals surface area (Å²) in [6.45, 7) is 3.05. The van der Waals surface area contributed by atoms with Gasteiger partial charge in [0.1, 0.15) is 72.2 Å². The largest absolute Gasteiger partial charge is 0.489 e.